The van der Waals surface area contributed by atoms with Crippen LogP contribution >= 0.6 is 15.9 Å². The maximum atomic E-state index is 13.3. The van der Waals surface area contributed by atoms with E-state index >= 15 is 0 Å². The van der Waals surface area contributed by atoms with Gasteiger partial charge in [-0.1, -0.05) is 28.1 Å². The lowest BCUT2D eigenvalue weighted by Crippen LogP contribution is -2.17. The van der Waals surface area contributed by atoms with Gasteiger partial charge in [-0.2, -0.15) is 0 Å². The number of hydrogen-bond acceptors (Lipinski definition) is 2. The van der Waals surface area contributed by atoms with Gasteiger partial charge in [0, 0.05) is 10.2 Å². The van der Waals surface area contributed by atoms with E-state index in [1.54, 1.807) is 0 Å². The summed E-state index contributed by atoms with van der Waals surface area (Å²) < 4.78 is 14.3. The van der Waals surface area contributed by atoms with E-state index in [-0.39, 0.29) is 17.9 Å². The number of carbonyl (C=O) groups is 2. The third-order valence-electron chi connectivity index (χ3n) is 2.79. The fraction of sp³-hybridized carbons (Fsp3) is 0.0667. The molecule has 0 saturated heterocycles. The molecule has 6 heteroatoms. The summed E-state index contributed by atoms with van der Waals surface area (Å²) in [5.74, 6) is -1.86. The second-order valence-corrected chi connectivity index (χ2v) is 5.33. The Morgan fingerprint density at radius 2 is 1.81 bits per heavy atom. The van der Waals surface area contributed by atoms with Crippen molar-refractivity contribution >= 4 is 33.4 Å². The van der Waals surface area contributed by atoms with Gasteiger partial charge in [0.2, 0.25) is 5.91 Å². The molecule has 0 radical (unpaired) electrons. The average molecular weight is 351 g/mol. The molecule has 3 N–H and O–H groups in total. The molecule has 0 aromatic heterocycles. The normalized spacial score (nSPS) is 10.2. The Labute approximate surface area is 129 Å². The number of halogens is 2. The number of rotatable bonds is 4. The third kappa shape index (κ3) is 4.13. The minimum absolute atomic E-state index is 0.177. The van der Waals surface area contributed by atoms with Gasteiger partial charge in [-0.15, -0.1) is 0 Å². The van der Waals surface area contributed by atoms with Crippen molar-refractivity contribution in [2.45, 2.75) is 6.42 Å². The Morgan fingerprint density at radius 3 is 2.43 bits per heavy atom. The number of carbonyl (C=O) groups excluding carboxylic acids is 2. The highest BCUT2D eigenvalue weighted by molar-refractivity contribution is 9.10. The first-order valence-electron chi connectivity index (χ1n) is 6.09. The quantitative estimate of drug-likeness (QED) is 0.889. The minimum Gasteiger partial charge on any atom is -0.366 e. The van der Waals surface area contributed by atoms with E-state index in [9.17, 15) is 14.0 Å². The molecule has 0 unspecified atom stereocenters. The van der Waals surface area contributed by atoms with Crippen LogP contribution in [0.3, 0.4) is 0 Å². The summed E-state index contributed by atoms with van der Waals surface area (Å²) >= 11 is 3.31. The standard InChI is InChI=1S/C15H12BrFN2O2/c16-10-3-1-9(2-4-10)7-14(20)19-11-5-6-13(17)12(8-11)15(18)21/h1-6,8H,7H2,(H2,18,21)(H,19,20). The van der Waals surface area contributed by atoms with Crippen molar-refractivity contribution in [3.05, 3.63) is 63.9 Å². The Balaban J connectivity index is 2.07. The molecule has 4 nitrogen and oxygen atoms in total. The van der Waals surface area contributed by atoms with Crippen LogP contribution < -0.4 is 11.1 Å². The predicted octanol–water partition coefficient (Wildman–Crippen LogP) is 2.87. The molecule has 0 atom stereocenters. The molecule has 0 spiro atoms. The van der Waals surface area contributed by atoms with Crippen LogP contribution in [-0.4, -0.2) is 11.8 Å². The smallest absolute Gasteiger partial charge is 0.251 e. The van der Waals surface area contributed by atoms with Gasteiger partial charge in [0.15, 0.2) is 0 Å². The summed E-state index contributed by atoms with van der Waals surface area (Å²) in [5, 5.41) is 2.60. The molecular formula is C15H12BrFN2O2. The van der Waals surface area contributed by atoms with Crippen molar-refractivity contribution in [1.29, 1.82) is 0 Å². The molecule has 2 aromatic rings. The van der Waals surface area contributed by atoms with Crippen LogP contribution in [0.25, 0.3) is 0 Å². The SMILES string of the molecule is NC(=O)c1cc(NC(=O)Cc2ccc(Br)cc2)ccc1F. The third-order valence-corrected chi connectivity index (χ3v) is 3.32. The molecule has 0 aliphatic heterocycles. The fourth-order valence-electron chi connectivity index (χ4n) is 1.78. The monoisotopic (exact) mass is 350 g/mol. The number of nitrogens with two attached hydrogens (primary N) is 1. The van der Waals surface area contributed by atoms with E-state index in [2.05, 4.69) is 21.2 Å². The van der Waals surface area contributed by atoms with Crippen molar-refractivity contribution in [2.75, 3.05) is 5.32 Å². The summed E-state index contributed by atoms with van der Waals surface area (Å²) in [6, 6.07) is 11.0. The second-order valence-electron chi connectivity index (χ2n) is 4.41. The van der Waals surface area contributed by atoms with Crippen molar-refractivity contribution in [3.63, 3.8) is 0 Å². The Morgan fingerprint density at radius 1 is 1.14 bits per heavy atom. The lowest BCUT2D eigenvalue weighted by Gasteiger charge is -2.07. The van der Waals surface area contributed by atoms with Gasteiger partial charge in [-0.3, -0.25) is 9.59 Å². The predicted molar refractivity (Wildman–Crippen MR) is 81.4 cm³/mol. The van der Waals surface area contributed by atoms with Gasteiger partial charge >= 0.3 is 0 Å². The number of hydrogen-bond donors (Lipinski definition) is 2. The average Bonchev–Trinajstić information content (AvgIpc) is 2.43. The van der Waals surface area contributed by atoms with Crippen LogP contribution in [0.2, 0.25) is 0 Å². The summed E-state index contributed by atoms with van der Waals surface area (Å²) in [6.07, 6.45) is 0.177. The van der Waals surface area contributed by atoms with Gasteiger partial charge in [0.1, 0.15) is 5.82 Å². The molecule has 0 aliphatic rings. The van der Waals surface area contributed by atoms with Gasteiger partial charge in [-0.25, -0.2) is 4.39 Å². The number of amides is 2. The molecule has 2 rings (SSSR count). The van der Waals surface area contributed by atoms with Crippen molar-refractivity contribution in [3.8, 4) is 0 Å². The Hall–Kier alpha value is -2.21. The number of nitrogens with one attached hydrogen (secondary N) is 1. The van der Waals surface area contributed by atoms with Gasteiger partial charge in [0.25, 0.3) is 5.91 Å². The molecule has 0 fully saturated rings. The van der Waals surface area contributed by atoms with Gasteiger partial charge in [-0.05, 0) is 35.9 Å². The van der Waals surface area contributed by atoms with Crippen LogP contribution in [0.1, 0.15) is 15.9 Å². The van der Waals surface area contributed by atoms with Crippen molar-refractivity contribution in [1.82, 2.24) is 0 Å². The van der Waals surface area contributed by atoms with Crippen LogP contribution in [0.5, 0.6) is 0 Å². The lowest BCUT2D eigenvalue weighted by molar-refractivity contribution is -0.115. The maximum absolute atomic E-state index is 13.3. The molecular weight excluding hydrogens is 339 g/mol. The number of anilines is 1. The molecule has 2 amide bonds. The topological polar surface area (TPSA) is 72.2 Å². The van der Waals surface area contributed by atoms with E-state index in [1.807, 2.05) is 24.3 Å². The van der Waals surface area contributed by atoms with E-state index in [4.69, 9.17) is 5.73 Å². The fourth-order valence-corrected chi connectivity index (χ4v) is 2.05. The first-order chi connectivity index (χ1) is 9.95. The zero-order valence-electron chi connectivity index (χ0n) is 10.9. The molecule has 21 heavy (non-hydrogen) atoms. The molecule has 0 bridgehead atoms. The zero-order chi connectivity index (χ0) is 15.4. The first-order valence-corrected chi connectivity index (χ1v) is 6.88. The number of benzene rings is 2. The van der Waals surface area contributed by atoms with Crippen LogP contribution in [0, 0.1) is 5.82 Å². The van der Waals surface area contributed by atoms with Crippen molar-refractivity contribution < 1.29 is 14.0 Å². The molecule has 0 aliphatic carbocycles. The second kappa shape index (κ2) is 6.49. The van der Waals surface area contributed by atoms with Crippen molar-refractivity contribution in [2.24, 2.45) is 5.73 Å². The van der Waals surface area contributed by atoms with Crippen LogP contribution in [0.15, 0.2) is 46.9 Å². The summed E-state index contributed by atoms with van der Waals surface area (Å²) in [6.45, 7) is 0. The van der Waals surface area contributed by atoms with Crippen LogP contribution in [0.4, 0.5) is 10.1 Å². The number of primary amides is 1. The maximum Gasteiger partial charge on any atom is 0.251 e. The van der Waals surface area contributed by atoms with E-state index in [0.717, 1.165) is 16.1 Å². The summed E-state index contributed by atoms with van der Waals surface area (Å²) in [7, 11) is 0. The molecule has 0 heterocycles. The first kappa shape index (κ1) is 15.2. The Bertz CT molecular complexity index is 687. The Kier molecular flexibility index (Phi) is 4.70. The largest absolute Gasteiger partial charge is 0.366 e. The zero-order valence-corrected chi connectivity index (χ0v) is 12.5. The molecule has 0 saturated carbocycles. The molecule has 108 valence electrons. The highest BCUT2D eigenvalue weighted by Crippen LogP contribution is 2.15. The molecule has 2 aromatic carbocycles. The van der Waals surface area contributed by atoms with E-state index in [0.29, 0.717) is 5.69 Å². The van der Waals surface area contributed by atoms with Gasteiger partial charge < -0.3 is 11.1 Å². The highest BCUT2D eigenvalue weighted by Gasteiger charge is 2.11. The lowest BCUT2D eigenvalue weighted by atomic mass is 10.1. The van der Waals surface area contributed by atoms with E-state index in [1.165, 1.54) is 12.1 Å². The van der Waals surface area contributed by atoms with Crippen LogP contribution in [-0.2, 0) is 11.2 Å². The summed E-state index contributed by atoms with van der Waals surface area (Å²) in [5.41, 5.74) is 5.97. The van der Waals surface area contributed by atoms with E-state index < -0.39 is 11.7 Å². The highest BCUT2D eigenvalue weighted by atomic mass is 79.9. The minimum atomic E-state index is -0.878. The van der Waals surface area contributed by atoms with Gasteiger partial charge in [0.05, 0.1) is 12.0 Å². The summed E-state index contributed by atoms with van der Waals surface area (Å²) in [4.78, 5) is 22.9.